The topological polar surface area (TPSA) is 122 Å². The Morgan fingerprint density at radius 1 is 1.06 bits per heavy atom. The first-order chi connectivity index (χ1) is 15.1. The van der Waals surface area contributed by atoms with Crippen LogP contribution in [0, 0.1) is 0 Å². The number of piperazine rings is 1. The van der Waals surface area contributed by atoms with Crippen molar-refractivity contribution >= 4 is 35.2 Å². The molecule has 2 amide bonds. The molecule has 0 saturated carbocycles. The van der Waals surface area contributed by atoms with Gasteiger partial charge in [0.1, 0.15) is 0 Å². The Balaban J connectivity index is 1.27. The van der Waals surface area contributed by atoms with E-state index < -0.39 is 0 Å². The van der Waals surface area contributed by atoms with E-state index in [1.54, 1.807) is 49.8 Å². The fraction of sp³-hybridized carbons (Fsp3) is 0.316. The monoisotopic (exact) mass is 439 g/mol. The van der Waals surface area contributed by atoms with E-state index in [1.807, 2.05) is 4.90 Å². The summed E-state index contributed by atoms with van der Waals surface area (Å²) in [4.78, 5) is 37.3. The number of anilines is 2. The number of benzene rings is 1. The largest absolute Gasteiger partial charge is 0.337 e. The van der Waals surface area contributed by atoms with Crippen LogP contribution in [0.5, 0.6) is 0 Å². The van der Waals surface area contributed by atoms with Crippen molar-refractivity contribution in [2.75, 3.05) is 42.1 Å². The standard InChI is InChI=1S/C19H21N9O2S/c1-26-19(23-24-25-26)31-13-16(29)22-15-5-3-14(4-6-15)17(30)27-9-11-28(12-10-27)18-20-7-2-8-21-18/h2-8H,9-13H2,1H3,(H,22,29). The van der Waals surface area contributed by atoms with Crippen LogP contribution in [0.25, 0.3) is 0 Å². The number of thioether (sulfide) groups is 1. The van der Waals surface area contributed by atoms with E-state index in [0.717, 1.165) is 0 Å². The van der Waals surface area contributed by atoms with Crippen molar-refractivity contribution in [2.45, 2.75) is 5.16 Å². The van der Waals surface area contributed by atoms with Gasteiger partial charge in [-0.3, -0.25) is 9.59 Å². The molecule has 11 nitrogen and oxygen atoms in total. The molecule has 3 aromatic rings. The lowest BCUT2D eigenvalue weighted by molar-refractivity contribution is -0.113. The van der Waals surface area contributed by atoms with Gasteiger partial charge in [-0.25, -0.2) is 14.6 Å². The molecule has 4 rings (SSSR count). The highest BCUT2D eigenvalue weighted by Crippen LogP contribution is 2.16. The first-order valence-electron chi connectivity index (χ1n) is 9.66. The summed E-state index contributed by atoms with van der Waals surface area (Å²) in [7, 11) is 1.71. The average molecular weight is 440 g/mol. The van der Waals surface area contributed by atoms with Gasteiger partial charge in [-0.2, -0.15) is 0 Å². The molecule has 0 unspecified atom stereocenters. The van der Waals surface area contributed by atoms with E-state index >= 15 is 0 Å². The van der Waals surface area contributed by atoms with Gasteiger partial charge in [0.05, 0.1) is 5.75 Å². The molecule has 1 fully saturated rings. The third kappa shape index (κ3) is 5.15. The molecule has 1 saturated heterocycles. The third-order valence-electron chi connectivity index (χ3n) is 4.73. The summed E-state index contributed by atoms with van der Waals surface area (Å²) in [6.45, 7) is 2.57. The Kier molecular flexibility index (Phi) is 6.36. The van der Waals surface area contributed by atoms with Gasteiger partial charge < -0.3 is 15.1 Å². The molecular formula is C19H21N9O2S. The molecule has 1 aliphatic heterocycles. The molecule has 31 heavy (non-hydrogen) atoms. The molecule has 12 heteroatoms. The van der Waals surface area contributed by atoms with E-state index in [4.69, 9.17) is 0 Å². The van der Waals surface area contributed by atoms with E-state index in [1.165, 1.54) is 16.4 Å². The molecule has 0 spiro atoms. The number of amides is 2. The zero-order chi connectivity index (χ0) is 21.6. The van der Waals surface area contributed by atoms with Crippen molar-refractivity contribution in [3.05, 3.63) is 48.3 Å². The van der Waals surface area contributed by atoms with Gasteiger partial charge in [-0.15, -0.1) is 5.10 Å². The first-order valence-corrected chi connectivity index (χ1v) is 10.6. The quantitative estimate of drug-likeness (QED) is 0.553. The maximum absolute atomic E-state index is 12.8. The zero-order valence-electron chi connectivity index (χ0n) is 16.9. The summed E-state index contributed by atoms with van der Waals surface area (Å²) >= 11 is 1.25. The minimum absolute atomic E-state index is 0.0307. The number of aryl methyl sites for hydroxylation is 1. The van der Waals surface area contributed by atoms with Crippen LogP contribution in [0.15, 0.2) is 47.9 Å². The number of hydrogen-bond acceptors (Lipinski definition) is 9. The predicted molar refractivity (Wildman–Crippen MR) is 115 cm³/mol. The molecule has 1 N–H and O–H groups in total. The summed E-state index contributed by atoms with van der Waals surface area (Å²) < 4.78 is 1.51. The number of hydrogen-bond donors (Lipinski definition) is 1. The van der Waals surface area contributed by atoms with Gasteiger partial charge in [0.15, 0.2) is 0 Å². The Labute approximate surface area is 182 Å². The summed E-state index contributed by atoms with van der Waals surface area (Å²) in [5.41, 5.74) is 1.21. The minimum Gasteiger partial charge on any atom is -0.337 e. The van der Waals surface area contributed by atoms with Gasteiger partial charge in [-0.1, -0.05) is 11.8 Å². The normalized spacial score (nSPS) is 13.8. The molecular weight excluding hydrogens is 418 g/mol. The molecule has 0 bridgehead atoms. The maximum atomic E-state index is 12.8. The third-order valence-corrected chi connectivity index (χ3v) is 5.74. The number of carbonyl (C=O) groups excluding carboxylic acids is 2. The maximum Gasteiger partial charge on any atom is 0.253 e. The number of rotatable bonds is 6. The van der Waals surface area contributed by atoms with E-state index in [0.29, 0.717) is 48.5 Å². The van der Waals surface area contributed by atoms with Crippen LogP contribution in [0.4, 0.5) is 11.6 Å². The number of carbonyl (C=O) groups is 2. The number of nitrogens with zero attached hydrogens (tertiary/aromatic N) is 8. The Hall–Kier alpha value is -3.54. The molecule has 0 aliphatic carbocycles. The second kappa shape index (κ2) is 9.51. The van der Waals surface area contributed by atoms with Crippen molar-refractivity contribution in [1.29, 1.82) is 0 Å². The minimum atomic E-state index is -0.175. The zero-order valence-corrected chi connectivity index (χ0v) is 17.7. The lowest BCUT2D eigenvalue weighted by Gasteiger charge is -2.34. The fourth-order valence-electron chi connectivity index (χ4n) is 3.11. The molecule has 1 aromatic carbocycles. The summed E-state index contributed by atoms with van der Waals surface area (Å²) in [6, 6.07) is 8.69. The van der Waals surface area contributed by atoms with Crippen molar-refractivity contribution in [1.82, 2.24) is 35.1 Å². The number of aromatic nitrogens is 6. The molecule has 2 aromatic heterocycles. The van der Waals surface area contributed by atoms with Crippen LogP contribution in [0.1, 0.15) is 10.4 Å². The highest BCUT2D eigenvalue weighted by atomic mass is 32.2. The van der Waals surface area contributed by atoms with Crippen LogP contribution in [-0.4, -0.2) is 78.8 Å². The molecule has 1 aliphatic rings. The average Bonchev–Trinajstić information content (AvgIpc) is 3.23. The SMILES string of the molecule is Cn1nnnc1SCC(=O)Nc1ccc(C(=O)N2CCN(c3ncccn3)CC2)cc1. The van der Waals surface area contributed by atoms with E-state index in [2.05, 4.69) is 35.7 Å². The summed E-state index contributed by atoms with van der Waals surface area (Å²) in [5.74, 6) is 0.663. The van der Waals surface area contributed by atoms with Gasteiger partial charge in [-0.05, 0) is 40.8 Å². The molecule has 160 valence electrons. The Morgan fingerprint density at radius 2 is 1.77 bits per heavy atom. The highest BCUT2D eigenvalue weighted by Gasteiger charge is 2.23. The van der Waals surface area contributed by atoms with Crippen LogP contribution in [-0.2, 0) is 11.8 Å². The summed E-state index contributed by atoms with van der Waals surface area (Å²) in [5, 5.41) is 14.5. The van der Waals surface area contributed by atoms with Crippen LogP contribution >= 0.6 is 11.8 Å². The van der Waals surface area contributed by atoms with E-state index in [9.17, 15) is 9.59 Å². The number of nitrogens with one attached hydrogen (secondary N) is 1. The second-order valence-corrected chi connectivity index (χ2v) is 7.77. The van der Waals surface area contributed by atoms with Crippen LogP contribution in [0.2, 0.25) is 0 Å². The smallest absolute Gasteiger partial charge is 0.253 e. The Bertz CT molecular complexity index is 1030. The van der Waals surface area contributed by atoms with Gasteiger partial charge in [0.2, 0.25) is 17.0 Å². The lowest BCUT2D eigenvalue weighted by atomic mass is 10.1. The summed E-state index contributed by atoms with van der Waals surface area (Å²) in [6.07, 6.45) is 3.43. The van der Waals surface area contributed by atoms with Crippen molar-refractivity contribution in [3.63, 3.8) is 0 Å². The van der Waals surface area contributed by atoms with Crippen molar-refractivity contribution in [3.8, 4) is 0 Å². The molecule has 0 atom stereocenters. The van der Waals surface area contributed by atoms with Crippen molar-refractivity contribution < 1.29 is 9.59 Å². The van der Waals surface area contributed by atoms with Gasteiger partial charge in [0, 0.05) is 56.9 Å². The van der Waals surface area contributed by atoms with Gasteiger partial charge in [0.25, 0.3) is 5.91 Å². The molecule has 0 radical (unpaired) electrons. The highest BCUT2D eigenvalue weighted by molar-refractivity contribution is 7.99. The first kappa shape index (κ1) is 20.7. The van der Waals surface area contributed by atoms with E-state index in [-0.39, 0.29) is 17.6 Å². The fourth-order valence-corrected chi connectivity index (χ4v) is 3.76. The molecule has 3 heterocycles. The predicted octanol–water partition coefficient (Wildman–Crippen LogP) is 0.693. The lowest BCUT2D eigenvalue weighted by Crippen LogP contribution is -2.49. The van der Waals surface area contributed by atoms with Crippen LogP contribution < -0.4 is 10.2 Å². The van der Waals surface area contributed by atoms with Gasteiger partial charge >= 0.3 is 0 Å². The van der Waals surface area contributed by atoms with Crippen molar-refractivity contribution in [2.24, 2.45) is 7.05 Å². The Morgan fingerprint density at radius 3 is 2.42 bits per heavy atom. The second-order valence-electron chi connectivity index (χ2n) is 6.83. The van der Waals surface area contributed by atoms with Crippen LogP contribution in [0.3, 0.4) is 0 Å². The number of tetrazole rings is 1.